The molecule has 0 aromatic carbocycles. The molecule has 0 aliphatic carbocycles. The average Bonchev–Trinajstić information content (AvgIpc) is 3.24. The molecule has 4 amide bonds. The molecule has 0 spiro atoms. The first-order valence-electron chi connectivity index (χ1n) is 8.99. The van der Waals surface area contributed by atoms with Gasteiger partial charge in [0.1, 0.15) is 11.8 Å². The highest BCUT2D eigenvalue weighted by Gasteiger charge is 2.54. The van der Waals surface area contributed by atoms with Crippen molar-refractivity contribution < 1.29 is 18.8 Å². The number of nitrogens with zero attached hydrogens (tertiary/aromatic N) is 2. The van der Waals surface area contributed by atoms with Gasteiger partial charge in [-0.2, -0.15) is 0 Å². The molecule has 1 aromatic heterocycles. The minimum absolute atomic E-state index is 0.00692. The van der Waals surface area contributed by atoms with Crippen LogP contribution in [-0.4, -0.2) is 52.8 Å². The van der Waals surface area contributed by atoms with E-state index < -0.39 is 5.54 Å². The van der Waals surface area contributed by atoms with Gasteiger partial charge in [-0.15, -0.1) is 0 Å². The van der Waals surface area contributed by atoms with Crippen molar-refractivity contribution in [2.24, 2.45) is 5.92 Å². The maximum atomic E-state index is 13.0. The second kappa shape index (κ2) is 6.97. The largest absolute Gasteiger partial charge is 0.472 e. The molecule has 1 unspecified atom stereocenters. The molecule has 1 atom stereocenters. The number of carbonyl (C=O) groups excluding carboxylic acids is 3. The average molecular weight is 359 g/mol. The van der Waals surface area contributed by atoms with Crippen molar-refractivity contribution in [2.75, 3.05) is 19.6 Å². The number of imide groups is 1. The minimum atomic E-state index is -0.878. The van der Waals surface area contributed by atoms with Crippen molar-refractivity contribution >= 4 is 17.8 Å². The normalized spacial score (nSPS) is 24.1. The third-order valence-electron chi connectivity index (χ3n) is 5.43. The van der Waals surface area contributed by atoms with Crippen LogP contribution < -0.4 is 5.32 Å². The molecule has 2 fully saturated rings. The lowest BCUT2D eigenvalue weighted by atomic mass is 9.75. The van der Waals surface area contributed by atoms with Crippen LogP contribution in [0.4, 0.5) is 4.79 Å². The molecule has 0 bridgehead atoms. The van der Waals surface area contributed by atoms with Crippen LogP contribution in [0.15, 0.2) is 35.2 Å². The van der Waals surface area contributed by atoms with Gasteiger partial charge in [-0.25, -0.2) is 4.79 Å². The van der Waals surface area contributed by atoms with Crippen LogP contribution >= 0.6 is 0 Å². The highest BCUT2D eigenvalue weighted by molar-refractivity contribution is 6.07. The van der Waals surface area contributed by atoms with Gasteiger partial charge in [0.15, 0.2) is 0 Å². The Balaban J connectivity index is 1.71. The first-order valence-corrected chi connectivity index (χ1v) is 8.99. The minimum Gasteiger partial charge on any atom is -0.472 e. The predicted molar refractivity (Wildman–Crippen MR) is 95.4 cm³/mol. The van der Waals surface area contributed by atoms with Crippen molar-refractivity contribution in [1.29, 1.82) is 0 Å². The number of hydrogen-bond acceptors (Lipinski definition) is 4. The smallest absolute Gasteiger partial charge is 0.325 e. The number of urea groups is 1. The summed E-state index contributed by atoms with van der Waals surface area (Å²) in [6.07, 6.45) is 4.80. The van der Waals surface area contributed by atoms with Crippen LogP contribution in [-0.2, 0) is 4.79 Å². The zero-order chi connectivity index (χ0) is 18.9. The fourth-order valence-corrected chi connectivity index (χ4v) is 4.01. The second-order valence-corrected chi connectivity index (χ2v) is 7.18. The molecule has 1 N–H and O–H groups in total. The molecular weight excluding hydrogens is 334 g/mol. The number of furan rings is 1. The van der Waals surface area contributed by atoms with E-state index in [4.69, 9.17) is 4.42 Å². The summed E-state index contributed by atoms with van der Waals surface area (Å²) in [5, 5.41) is 2.94. The Hall–Kier alpha value is -2.57. The van der Waals surface area contributed by atoms with Gasteiger partial charge < -0.3 is 14.6 Å². The maximum absolute atomic E-state index is 13.0. The van der Waals surface area contributed by atoms with Crippen molar-refractivity contribution in [1.82, 2.24) is 15.1 Å². The molecule has 140 valence electrons. The molecule has 3 heterocycles. The van der Waals surface area contributed by atoms with E-state index in [1.165, 1.54) is 17.4 Å². The molecular formula is C19H25N3O4. The highest BCUT2D eigenvalue weighted by atomic mass is 16.3. The van der Waals surface area contributed by atoms with Gasteiger partial charge in [-0.05, 0) is 38.2 Å². The van der Waals surface area contributed by atoms with Crippen molar-refractivity contribution in [3.8, 4) is 0 Å². The molecule has 0 saturated carbocycles. The van der Waals surface area contributed by atoms with Crippen LogP contribution in [0.3, 0.4) is 0 Å². The molecule has 2 aliphatic rings. The quantitative estimate of drug-likeness (QED) is 0.646. The topological polar surface area (TPSA) is 82.9 Å². The summed E-state index contributed by atoms with van der Waals surface area (Å²) < 4.78 is 4.98. The van der Waals surface area contributed by atoms with E-state index in [9.17, 15) is 14.4 Å². The van der Waals surface area contributed by atoms with Crippen molar-refractivity contribution in [2.45, 2.75) is 38.6 Å². The molecule has 1 aromatic rings. The number of nitrogens with one attached hydrogen (secondary N) is 1. The zero-order valence-electron chi connectivity index (χ0n) is 15.3. The lowest BCUT2D eigenvalue weighted by molar-refractivity contribution is -0.133. The zero-order valence-corrected chi connectivity index (χ0v) is 15.3. The van der Waals surface area contributed by atoms with E-state index >= 15 is 0 Å². The lowest BCUT2D eigenvalue weighted by Gasteiger charge is -2.40. The monoisotopic (exact) mass is 359 g/mol. The van der Waals surface area contributed by atoms with Gasteiger partial charge in [-0.3, -0.25) is 14.5 Å². The van der Waals surface area contributed by atoms with E-state index in [2.05, 4.69) is 11.9 Å². The fourth-order valence-electron chi connectivity index (χ4n) is 4.01. The molecule has 7 nitrogen and oxygen atoms in total. The Labute approximate surface area is 153 Å². The maximum Gasteiger partial charge on any atom is 0.325 e. The third kappa shape index (κ3) is 3.02. The number of likely N-dealkylation sites (tertiary alicyclic amines) is 1. The van der Waals surface area contributed by atoms with Crippen molar-refractivity contribution in [3.63, 3.8) is 0 Å². The summed E-state index contributed by atoms with van der Waals surface area (Å²) in [5.74, 6) is -0.228. The van der Waals surface area contributed by atoms with E-state index in [1.54, 1.807) is 17.9 Å². The highest BCUT2D eigenvalue weighted by Crippen LogP contribution is 2.36. The Morgan fingerprint density at radius 1 is 1.38 bits per heavy atom. The third-order valence-corrected chi connectivity index (χ3v) is 5.43. The number of amides is 4. The molecule has 3 rings (SSSR count). The Bertz CT molecular complexity index is 719. The van der Waals surface area contributed by atoms with Crippen molar-refractivity contribution in [3.05, 3.63) is 36.3 Å². The van der Waals surface area contributed by atoms with Gasteiger partial charge in [0.25, 0.3) is 11.8 Å². The van der Waals surface area contributed by atoms with E-state index in [1.807, 2.05) is 6.92 Å². The number of hydrogen-bond donors (Lipinski definition) is 1. The van der Waals surface area contributed by atoms with Gasteiger partial charge >= 0.3 is 6.03 Å². The number of rotatable bonds is 5. The summed E-state index contributed by atoms with van der Waals surface area (Å²) in [5.41, 5.74) is 0.421. The summed E-state index contributed by atoms with van der Waals surface area (Å²) in [4.78, 5) is 40.8. The number of carbonyl (C=O) groups is 3. The Morgan fingerprint density at radius 3 is 2.62 bits per heavy atom. The van der Waals surface area contributed by atoms with Crippen LogP contribution in [0.2, 0.25) is 0 Å². The van der Waals surface area contributed by atoms with Gasteiger partial charge in [0.2, 0.25) is 0 Å². The predicted octanol–water partition coefficient (Wildman–Crippen LogP) is 2.41. The lowest BCUT2D eigenvalue weighted by Crippen LogP contribution is -2.56. The summed E-state index contributed by atoms with van der Waals surface area (Å²) in [7, 11) is 0. The molecule has 2 aliphatic heterocycles. The summed E-state index contributed by atoms with van der Waals surface area (Å²) in [6.45, 7) is 8.87. The first-order chi connectivity index (χ1) is 12.4. The van der Waals surface area contributed by atoms with Crippen LogP contribution in [0.1, 0.15) is 43.5 Å². The van der Waals surface area contributed by atoms with E-state index in [0.717, 1.165) is 5.57 Å². The standard InChI is InChI=1S/C19H25N3O4/c1-4-19(17(24)22(11-13(2)3)18(25)20-19)15-5-8-21(9-6-15)16(23)14-7-10-26-12-14/h7,10,12,15H,2,4-6,8-9,11H2,1,3H3,(H,20,25). The summed E-state index contributed by atoms with van der Waals surface area (Å²) >= 11 is 0. The van der Waals surface area contributed by atoms with E-state index in [-0.39, 0.29) is 30.3 Å². The van der Waals surface area contributed by atoms with Crippen LogP contribution in [0, 0.1) is 5.92 Å². The van der Waals surface area contributed by atoms with Crippen LogP contribution in [0.25, 0.3) is 0 Å². The molecule has 7 heteroatoms. The van der Waals surface area contributed by atoms with Gasteiger partial charge in [0.05, 0.1) is 18.4 Å². The molecule has 26 heavy (non-hydrogen) atoms. The summed E-state index contributed by atoms with van der Waals surface area (Å²) in [6, 6.07) is 1.30. The van der Waals surface area contributed by atoms with Gasteiger partial charge in [0, 0.05) is 13.1 Å². The fraction of sp³-hybridized carbons (Fsp3) is 0.526. The number of piperidine rings is 1. The second-order valence-electron chi connectivity index (χ2n) is 7.18. The van der Waals surface area contributed by atoms with E-state index in [0.29, 0.717) is 37.9 Å². The molecule has 0 radical (unpaired) electrons. The first kappa shape index (κ1) is 18.2. The molecule has 2 saturated heterocycles. The van der Waals surface area contributed by atoms with Crippen LogP contribution in [0.5, 0.6) is 0 Å². The SMILES string of the molecule is C=C(C)CN1C(=O)NC(CC)(C2CCN(C(=O)c3ccoc3)CC2)C1=O. The van der Waals surface area contributed by atoms with Gasteiger partial charge in [-0.1, -0.05) is 19.1 Å². The Kier molecular flexibility index (Phi) is 4.89. The Morgan fingerprint density at radius 2 is 2.08 bits per heavy atom.